The Morgan fingerprint density at radius 1 is 1.06 bits per heavy atom. The summed E-state index contributed by atoms with van der Waals surface area (Å²) in [7, 11) is 0. The first-order valence-corrected chi connectivity index (χ1v) is 12.9. The van der Waals surface area contributed by atoms with E-state index in [1.165, 1.54) is 37.7 Å². The molecule has 4 aliphatic rings. The fourth-order valence-corrected chi connectivity index (χ4v) is 7.76. The van der Waals surface area contributed by atoms with Crippen molar-refractivity contribution in [3.8, 4) is 0 Å². The van der Waals surface area contributed by atoms with Gasteiger partial charge in [-0.1, -0.05) is 37.1 Å². The van der Waals surface area contributed by atoms with Gasteiger partial charge in [-0.2, -0.15) is 0 Å². The zero-order chi connectivity index (χ0) is 22.2. The summed E-state index contributed by atoms with van der Waals surface area (Å²) in [6, 6.07) is 0. The molecule has 0 spiro atoms. The van der Waals surface area contributed by atoms with Crippen LogP contribution in [0.3, 0.4) is 0 Å². The van der Waals surface area contributed by atoms with Crippen molar-refractivity contribution in [2.45, 2.75) is 103 Å². The van der Waals surface area contributed by atoms with E-state index < -0.39 is 17.8 Å². The fourth-order valence-electron chi connectivity index (χ4n) is 7.76. The van der Waals surface area contributed by atoms with Crippen molar-refractivity contribution >= 4 is 0 Å². The molecule has 1 aliphatic heterocycles. The summed E-state index contributed by atoms with van der Waals surface area (Å²) in [5.74, 6) is 2.08. The Balaban J connectivity index is 1.43. The van der Waals surface area contributed by atoms with Gasteiger partial charge in [-0.3, -0.25) is 0 Å². The predicted molar refractivity (Wildman–Crippen MR) is 126 cm³/mol. The van der Waals surface area contributed by atoms with Crippen LogP contribution in [-0.2, 0) is 0 Å². The van der Waals surface area contributed by atoms with Gasteiger partial charge in [0.2, 0.25) is 0 Å². The maximum Gasteiger partial charge on any atom is 0.0746 e. The maximum atomic E-state index is 10.5. The molecular formula is C27H45NO3. The van der Waals surface area contributed by atoms with Gasteiger partial charge in [0.1, 0.15) is 0 Å². The van der Waals surface area contributed by atoms with Crippen molar-refractivity contribution in [2.75, 3.05) is 19.6 Å². The predicted octanol–water partition coefficient (Wildman–Crippen LogP) is 4.44. The average Bonchev–Trinajstić information content (AvgIpc) is 3.02. The number of β-amino-alcohol motifs (C(OH)–C–C–N with tert-alkyl or cyclic N) is 1. The molecule has 31 heavy (non-hydrogen) atoms. The number of hydrogen-bond donors (Lipinski definition) is 3. The van der Waals surface area contributed by atoms with Crippen molar-refractivity contribution in [2.24, 2.45) is 23.2 Å². The number of aliphatic hydroxyl groups is 3. The first-order valence-electron chi connectivity index (χ1n) is 12.9. The quantitative estimate of drug-likeness (QED) is 0.616. The van der Waals surface area contributed by atoms with Gasteiger partial charge in [0.05, 0.1) is 17.8 Å². The molecule has 4 nitrogen and oxygen atoms in total. The van der Waals surface area contributed by atoms with Crippen LogP contribution in [0.5, 0.6) is 0 Å². The second-order valence-electron chi connectivity index (χ2n) is 11.9. The maximum absolute atomic E-state index is 10.5. The Bertz CT molecular complexity index is 687. The molecular weight excluding hydrogens is 386 g/mol. The molecule has 0 radical (unpaired) electrons. The van der Waals surface area contributed by atoms with Gasteiger partial charge in [-0.15, -0.1) is 0 Å². The molecule has 4 heteroatoms. The molecule has 0 amide bonds. The molecule has 0 bridgehead atoms. The third-order valence-electron chi connectivity index (χ3n) is 9.10. The minimum Gasteiger partial charge on any atom is -0.393 e. The molecule has 7 atom stereocenters. The number of fused-ring (bicyclic) bond motifs is 1. The molecule has 0 unspecified atom stereocenters. The Kier molecular flexibility index (Phi) is 7.03. The SMILES string of the molecule is C[C@H](CN1CCC[C@](C)(O)C1)[C@H]1CC[C@H]2/C(=C/C=C3C[C@@H](O)C[C@H](O)C3)CCC[C@]12C. The molecule has 4 fully saturated rings. The van der Waals surface area contributed by atoms with Crippen LogP contribution in [0.25, 0.3) is 0 Å². The fraction of sp³-hybridized carbons (Fsp3) is 0.852. The molecule has 1 saturated heterocycles. The number of allylic oxidation sites excluding steroid dienone is 3. The number of nitrogens with zero attached hydrogens (tertiary/aromatic N) is 1. The second kappa shape index (κ2) is 9.29. The lowest BCUT2D eigenvalue weighted by Crippen LogP contribution is -2.48. The lowest BCUT2D eigenvalue weighted by molar-refractivity contribution is -0.0262. The Hall–Kier alpha value is -0.680. The van der Waals surface area contributed by atoms with Crippen LogP contribution >= 0.6 is 0 Å². The zero-order valence-corrected chi connectivity index (χ0v) is 20.0. The molecule has 176 valence electrons. The van der Waals surface area contributed by atoms with Gasteiger partial charge in [-0.25, -0.2) is 0 Å². The van der Waals surface area contributed by atoms with Gasteiger partial charge in [-0.05, 0) is 101 Å². The van der Waals surface area contributed by atoms with E-state index in [0.717, 1.165) is 38.4 Å². The summed E-state index contributed by atoms with van der Waals surface area (Å²) in [6.45, 7) is 10.1. The largest absolute Gasteiger partial charge is 0.393 e. The van der Waals surface area contributed by atoms with E-state index in [1.807, 2.05) is 6.92 Å². The van der Waals surface area contributed by atoms with E-state index >= 15 is 0 Å². The third kappa shape index (κ3) is 5.29. The standard InChI is InChI=1S/C27H45NO3/c1-19(17-28-13-5-11-26(2,31)18-28)24-9-10-25-21(6-4-12-27(24,25)3)8-7-20-14-22(29)16-23(30)15-20/h7-8,19,22-25,29-31H,4-6,9-18H2,1-3H3/b21-8+/t19-,22-,23-,24-,25+,26+,27-/m1/s1. The summed E-state index contributed by atoms with van der Waals surface area (Å²) in [6.07, 6.45) is 14.2. The van der Waals surface area contributed by atoms with Gasteiger partial charge >= 0.3 is 0 Å². The molecule has 3 aliphatic carbocycles. The molecule has 1 heterocycles. The molecule has 0 aromatic carbocycles. The van der Waals surface area contributed by atoms with Crippen LogP contribution < -0.4 is 0 Å². The van der Waals surface area contributed by atoms with Gasteiger partial charge in [0.15, 0.2) is 0 Å². The van der Waals surface area contributed by atoms with Gasteiger partial charge < -0.3 is 20.2 Å². The molecule has 3 N–H and O–H groups in total. The van der Waals surface area contributed by atoms with Crippen LogP contribution in [-0.4, -0.2) is 57.7 Å². The highest BCUT2D eigenvalue weighted by molar-refractivity contribution is 5.26. The van der Waals surface area contributed by atoms with Crippen molar-refractivity contribution in [1.29, 1.82) is 0 Å². The van der Waals surface area contributed by atoms with Crippen molar-refractivity contribution in [3.63, 3.8) is 0 Å². The smallest absolute Gasteiger partial charge is 0.0746 e. The lowest BCUT2D eigenvalue weighted by Gasteiger charge is -2.46. The highest BCUT2D eigenvalue weighted by Gasteiger charge is 2.50. The second-order valence-corrected chi connectivity index (χ2v) is 11.9. The minimum atomic E-state index is -0.519. The summed E-state index contributed by atoms with van der Waals surface area (Å²) >= 11 is 0. The Morgan fingerprint density at radius 2 is 1.81 bits per heavy atom. The normalized spacial score (nSPS) is 44.3. The summed E-state index contributed by atoms with van der Waals surface area (Å²) in [4.78, 5) is 2.51. The van der Waals surface area contributed by atoms with Crippen molar-refractivity contribution in [3.05, 3.63) is 23.3 Å². The summed E-state index contributed by atoms with van der Waals surface area (Å²) in [5, 5.41) is 30.5. The third-order valence-corrected chi connectivity index (χ3v) is 9.10. The van der Waals surface area contributed by atoms with E-state index in [1.54, 1.807) is 5.57 Å². The number of rotatable bonds is 4. The highest BCUT2D eigenvalue weighted by Crippen LogP contribution is 2.59. The Morgan fingerprint density at radius 3 is 2.52 bits per heavy atom. The van der Waals surface area contributed by atoms with Crippen molar-refractivity contribution < 1.29 is 15.3 Å². The van der Waals surface area contributed by atoms with Crippen LogP contribution in [0.15, 0.2) is 23.3 Å². The number of likely N-dealkylation sites (tertiary alicyclic amines) is 1. The van der Waals surface area contributed by atoms with E-state index in [4.69, 9.17) is 0 Å². The van der Waals surface area contributed by atoms with Crippen LogP contribution in [0.2, 0.25) is 0 Å². The number of hydrogen-bond acceptors (Lipinski definition) is 4. The number of aliphatic hydroxyl groups excluding tert-OH is 2. The Labute approximate surface area is 189 Å². The summed E-state index contributed by atoms with van der Waals surface area (Å²) in [5.41, 5.74) is 2.66. The first-order chi connectivity index (χ1) is 14.7. The average molecular weight is 432 g/mol. The first kappa shape index (κ1) is 23.5. The molecule has 4 rings (SSSR count). The van der Waals surface area contributed by atoms with Crippen molar-refractivity contribution in [1.82, 2.24) is 4.90 Å². The molecule has 0 aromatic heterocycles. The highest BCUT2D eigenvalue weighted by atomic mass is 16.3. The monoisotopic (exact) mass is 431 g/mol. The summed E-state index contributed by atoms with van der Waals surface area (Å²) < 4.78 is 0. The number of piperidine rings is 1. The molecule has 3 saturated carbocycles. The van der Waals surface area contributed by atoms with E-state index in [-0.39, 0.29) is 0 Å². The molecule has 0 aromatic rings. The van der Waals surface area contributed by atoms with Gasteiger partial charge in [0.25, 0.3) is 0 Å². The van der Waals surface area contributed by atoms with E-state index in [2.05, 4.69) is 30.9 Å². The van der Waals surface area contributed by atoms with Crippen LogP contribution in [0, 0.1) is 23.2 Å². The van der Waals surface area contributed by atoms with E-state index in [0.29, 0.717) is 36.5 Å². The topological polar surface area (TPSA) is 63.9 Å². The van der Waals surface area contributed by atoms with Crippen LogP contribution in [0.1, 0.15) is 85.0 Å². The van der Waals surface area contributed by atoms with Crippen LogP contribution in [0.4, 0.5) is 0 Å². The van der Waals surface area contributed by atoms with E-state index in [9.17, 15) is 15.3 Å². The zero-order valence-electron chi connectivity index (χ0n) is 20.0. The van der Waals surface area contributed by atoms with Gasteiger partial charge in [0, 0.05) is 13.1 Å². The lowest BCUT2D eigenvalue weighted by atomic mass is 9.61. The minimum absolute atomic E-state index is 0.381.